The average Bonchev–Trinajstić information content (AvgIpc) is 2.89. The third kappa shape index (κ3) is 1.72. The summed E-state index contributed by atoms with van der Waals surface area (Å²) in [6.45, 7) is 0.349. The number of carbonyl (C=O) groups is 1. The molecule has 2 saturated heterocycles. The Morgan fingerprint density at radius 1 is 1.56 bits per heavy atom. The molecule has 3 rings (SSSR count). The van der Waals surface area contributed by atoms with Crippen molar-refractivity contribution in [1.29, 1.82) is 0 Å². The van der Waals surface area contributed by atoms with Gasteiger partial charge in [-0.1, -0.05) is 0 Å². The summed E-state index contributed by atoms with van der Waals surface area (Å²) >= 11 is 3.06. The maximum Gasteiger partial charge on any atom is 0.492 e. The number of nitro groups is 1. The molecule has 1 aromatic rings. The molecule has 0 N–H and O–H groups in total. The van der Waals surface area contributed by atoms with E-state index in [0.717, 1.165) is 0 Å². The van der Waals surface area contributed by atoms with E-state index in [2.05, 4.69) is 26.0 Å². The molecule has 3 heterocycles. The quantitative estimate of drug-likeness (QED) is 0.566. The zero-order valence-corrected chi connectivity index (χ0v) is 10.4. The number of halogens is 1. The molecule has 1 aromatic heterocycles. The standard InChI is InChI=1S/C8H7BrN4O5/c9-7-10-8(13(15)16)11-12(7)4-1-3-2-17-6(18-3)5(4)14/h3-4,6H,1-2H2. The van der Waals surface area contributed by atoms with Gasteiger partial charge in [0.05, 0.1) is 12.7 Å². The zero-order valence-electron chi connectivity index (χ0n) is 8.85. The highest BCUT2D eigenvalue weighted by atomic mass is 79.9. The maximum absolute atomic E-state index is 12.0. The minimum Gasteiger partial charge on any atom is -0.390 e. The van der Waals surface area contributed by atoms with Crippen molar-refractivity contribution < 1.29 is 19.2 Å². The number of Topliss-reactive ketones (excluding diaryl/α,β-unsaturated/α-hetero) is 1. The Morgan fingerprint density at radius 2 is 2.33 bits per heavy atom. The molecule has 3 unspecified atom stereocenters. The van der Waals surface area contributed by atoms with E-state index in [1.165, 1.54) is 4.68 Å². The molecule has 2 aliphatic rings. The Balaban J connectivity index is 1.95. The molecule has 0 aromatic carbocycles. The van der Waals surface area contributed by atoms with Crippen LogP contribution in [0.2, 0.25) is 0 Å². The van der Waals surface area contributed by atoms with Crippen molar-refractivity contribution in [1.82, 2.24) is 14.8 Å². The summed E-state index contributed by atoms with van der Waals surface area (Å²) in [6.07, 6.45) is -0.717. The predicted octanol–water partition coefficient (Wildman–Crippen LogP) is 0.204. The number of nitrogens with zero attached hydrogens (tertiary/aromatic N) is 4. The molecule has 3 atom stereocenters. The van der Waals surface area contributed by atoms with Crippen LogP contribution in [0.3, 0.4) is 0 Å². The van der Waals surface area contributed by atoms with Gasteiger partial charge in [0, 0.05) is 27.4 Å². The van der Waals surface area contributed by atoms with Crippen LogP contribution in [-0.4, -0.2) is 44.5 Å². The van der Waals surface area contributed by atoms with Crippen molar-refractivity contribution in [2.24, 2.45) is 0 Å². The van der Waals surface area contributed by atoms with Gasteiger partial charge in [-0.25, -0.2) is 0 Å². The van der Waals surface area contributed by atoms with Crippen LogP contribution in [0.25, 0.3) is 0 Å². The molecule has 0 amide bonds. The van der Waals surface area contributed by atoms with Crippen molar-refractivity contribution in [2.45, 2.75) is 24.9 Å². The summed E-state index contributed by atoms with van der Waals surface area (Å²) in [6, 6.07) is -0.646. The Bertz CT molecular complexity index is 532. The molecule has 18 heavy (non-hydrogen) atoms. The minimum absolute atomic E-state index is 0.147. The molecule has 0 spiro atoms. The average molecular weight is 319 g/mol. The minimum atomic E-state index is -0.899. The van der Waals surface area contributed by atoms with E-state index in [-0.39, 0.29) is 16.6 Å². The molecular weight excluding hydrogens is 312 g/mol. The molecule has 2 bridgehead atoms. The number of hydrogen-bond donors (Lipinski definition) is 0. The Labute approximate surface area is 108 Å². The van der Waals surface area contributed by atoms with Crippen LogP contribution in [0.1, 0.15) is 12.5 Å². The summed E-state index contributed by atoms with van der Waals surface area (Å²) in [5.41, 5.74) is 0. The van der Waals surface area contributed by atoms with E-state index < -0.39 is 23.2 Å². The van der Waals surface area contributed by atoms with Gasteiger partial charge in [0.2, 0.25) is 12.1 Å². The molecule has 10 heteroatoms. The second-order valence-corrected chi connectivity index (χ2v) is 4.67. The first-order valence-corrected chi connectivity index (χ1v) is 5.93. The van der Waals surface area contributed by atoms with E-state index >= 15 is 0 Å². The van der Waals surface area contributed by atoms with Gasteiger partial charge in [0.25, 0.3) is 4.73 Å². The lowest BCUT2D eigenvalue weighted by Crippen LogP contribution is -2.38. The van der Waals surface area contributed by atoms with Crippen LogP contribution in [0.15, 0.2) is 4.73 Å². The first kappa shape index (κ1) is 11.7. The normalized spacial score (nSPS) is 30.7. The van der Waals surface area contributed by atoms with Gasteiger partial charge in [-0.2, -0.15) is 0 Å². The van der Waals surface area contributed by atoms with Crippen molar-refractivity contribution in [2.75, 3.05) is 6.61 Å². The molecular formula is C8H7BrN4O5. The zero-order chi connectivity index (χ0) is 12.9. The lowest BCUT2D eigenvalue weighted by atomic mass is 10.0. The summed E-state index contributed by atoms with van der Waals surface area (Å²) in [5.74, 6) is -0.848. The number of hydrogen-bond acceptors (Lipinski definition) is 7. The van der Waals surface area contributed by atoms with E-state index in [1.807, 2.05) is 0 Å². The van der Waals surface area contributed by atoms with Crippen molar-refractivity contribution >= 4 is 27.7 Å². The topological polar surface area (TPSA) is 109 Å². The molecule has 2 fully saturated rings. The molecule has 0 radical (unpaired) electrons. The fourth-order valence-corrected chi connectivity index (χ4v) is 2.52. The highest BCUT2D eigenvalue weighted by molar-refractivity contribution is 9.10. The Morgan fingerprint density at radius 3 is 3.00 bits per heavy atom. The van der Waals surface area contributed by atoms with E-state index in [9.17, 15) is 14.9 Å². The summed E-state index contributed by atoms with van der Waals surface area (Å²) in [5, 5.41) is 14.3. The highest BCUT2D eigenvalue weighted by Gasteiger charge is 2.46. The number of ketones is 1. The molecule has 0 saturated carbocycles. The van der Waals surface area contributed by atoms with Crippen molar-refractivity contribution in [3.05, 3.63) is 14.8 Å². The highest BCUT2D eigenvalue weighted by Crippen LogP contribution is 2.33. The number of aromatic nitrogens is 3. The molecule has 0 aliphatic carbocycles. The molecule has 9 nitrogen and oxygen atoms in total. The van der Waals surface area contributed by atoms with Gasteiger partial charge in [-0.3, -0.25) is 4.79 Å². The van der Waals surface area contributed by atoms with Crippen LogP contribution in [0.4, 0.5) is 5.95 Å². The molecule has 96 valence electrons. The SMILES string of the molecule is O=C1C2OCC(CC1n1nc([N+](=O)[O-])nc1Br)O2. The lowest BCUT2D eigenvalue weighted by Gasteiger charge is -2.23. The first-order valence-electron chi connectivity index (χ1n) is 5.13. The second-order valence-electron chi connectivity index (χ2n) is 3.96. The summed E-state index contributed by atoms with van der Waals surface area (Å²) < 4.78 is 11.8. The number of rotatable bonds is 2. The summed E-state index contributed by atoms with van der Waals surface area (Å²) in [4.78, 5) is 25.5. The van der Waals surface area contributed by atoms with Gasteiger partial charge < -0.3 is 19.6 Å². The van der Waals surface area contributed by atoms with Gasteiger partial charge in [-0.05, 0) is 9.91 Å². The lowest BCUT2D eigenvalue weighted by molar-refractivity contribution is -0.394. The third-order valence-electron chi connectivity index (χ3n) is 2.83. The second kappa shape index (κ2) is 4.07. The van der Waals surface area contributed by atoms with Gasteiger partial charge in [0.15, 0.2) is 0 Å². The fourth-order valence-electron chi connectivity index (χ4n) is 2.03. The predicted molar refractivity (Wildman–Crippen MR) is 57.7 cm³/mol. The van der Waals surface area contributed by atoms with Crippen molar-refractivity contribution in [3.8, 4) is 0 Å². The van der Waals surface area contributed by atoms with Gasteiger partial charge in [0.1, 0.15) is 6.04 Å². The maximum atomic E-state index is 12.0. The summed E-state index contributed by atoms with van der Waals surface area (Å²) in [7, 11) is 0. The van der Waals surface area contributed by atoms with Gasteiger partial charge in [-0.15, -0.1) is 4.68 Å². The number of fused-ring (bicyclic) bond motifs is 2. The van der Waals surface area contributed by atoms with Crippen LogP contribution in [0.5, 0.6) is 0 Å². The van der Waals surface area contributed by atoms with Crippen LogP contribution in [0, 0.1) is 10.1 Å². The first-order chi connectivity index (χ1) is 8.56. The van der Waals surface area contributed by atoms with E-state index in [1.54, 1.807) is 0 Å². The van der Waals surface area contributed by atoms with Gasteiger partial charge >= 0.3 is 5.95 Å². The smallest absolute Gasteiger partial charge is 0.390 e. The largest absolute Gasteiger partial charge is 0.492 e. The van der Waals surface area contributed by atoms with Crippen LogP contribution < -0.4 is 0 Å². The molecule has 2 aliphatic heterocycles. The van der Waals surface area contributed by atoms with E-state index in [0.29, 0.717) is 13.0 Å². The number of ether oxygens (including phenoxy) is 2. The van der Waals surface area contributed by atoms with E-state index in [4.69, 9.17) is 9.47 Å². The van der Waals surface area contributed by atoms with Crippen LogP contribution in [-0.2, 0) is 14.3 Å². The van der Waals surface area contributed by atoms with Crippen molar-refractivity contribution in [3.63, 3.8) is 0 Å². The van der Waals surface area contributed by atoms with Crippen LogP contribution >= 0.6 is 15.9 Å². The Kier molecular flexibility index (Phi) is 2.64. The fraction of sp³-hybridized carbons (Fsp3) is 0.625. The number of carbonyl (C=O) groups excluding carboxylic acids is 1. The monoisotopic (exact) mass is 318 g/mol. The third-order valence-corrected chi connectivity index (χ3v) is 3.37. The Hall–Kier alpha value is -1.39.